The van der Waals surface area contributed by atoms with E-state index >= 15 is 0 Å². The van der Waals surface area contributed by atoms with Crippen molar-refractivity contribution >= 4 is 5.91 Å². The highest BCUT2D eigenvalue weighted by Crippen LogP contribution is 2.12. The number of aliphatic hydroxyl groups excluding tert-OH is 1. The zero-order valence-corrected chi connectivity index (χ0v) is 12.0. The van der Waals surface area contributed by atoms with Gasteiger partial charge >= 0.3 is 0 Å². The molecule has 0 spiro atoms. The summed E-state index contributed by atoms with van der Waals surface area (Å²) in [6.07, 6.45) is 0. The summed E-state index contributed by atoms with van der Waals surface area (Å²) in [7, 11) is 0. The maximum Gasteiger partial charge on any atom is 0.254 e. The van der Waals surface area contributed by atoms with Gasteiger partial charge in [-0.25, -0.2) is 4.39 Å². The summed E-state index contributed by atoms with van der Waals surface area (Å²) in [6.45, 7) is 6.41. The van der Waals surface area contributed by atoms with Crippen LogP contribution in [0.15, 0.2) is 18.2 Å². The molecule has 0 radical (unpaired) electrons. The standard InChI is InChI=1S/C16H20FNO2/c1-11(2)12(3)10-18-16(20)14-9-13(5-4-8-19)6-7-15(14)17/h6-7,9,11-12,19H,8,10H2,1-3H3,(H,18,20). The zero-order chi connectivity index (χ0) is 15.1. The van der Waals surface area contributed by atoms with Crippen molar-refractivity contribution in [3.63, 3.8) is 0 Å². The molecule has 0 aliphatic heterocycles. The molecule has 3 nitrogen and oxygen atoms in total. The summed E-state index contributed by atoms with van der Waals surface area (Å²) in [4.78, 5) is 12.0. The third-order valence-corrected chi connectivity index (χ3v) is 3.25. The Balaban J connectivity index is 2.81. The molecule has 1 aromatic rings. The summed E-state index contributed by atoms with van der Waals surface area (Å²) in [5.41, 5.74) is 0.480. The zero-order valence-electron chi connectivity index (χ0n) is 12.0. The fraction of sp³-hybridized carbons (Fsp3) is 0.438. The first-order chi connectivity index (χ1) is 9.45. The van der Waals surface area contributed by atoms with Crippen LogP contribution >= 0.6 is 0 Å². The van der Waals surface area contributed by atoms with Crippen LogP contribution in [0.4, 0.5) is 4.39 Å². The van der Waals surface area contributed by atoms with Crippen molar-refractivity contribution in [2.75, 3.05) is 13.2 Å². The molecule has 1 unspecified atom stereocenters. The van der Waals surface area contributed by atoms with Gasteiger partial charge in [-0.05, 0) is 30.0 Å². The second kappa shape index (κ2) is 7.66. The summed E-state index contributed by atoms with van der Waals surface area (Å²) in [6, 6.07) is 4.08. The lowest BCUT2D eigenvalue weighted by Gasteiger charge is -2.16. The van der Waals surface area contributed by atoms with Gasteiger partial charge in [0.25, 0.3) is 5.91 Å². The first kappa shape index (κ1) is 16.2. The van der Waals surface area contributed by atoms with Gasteiger partial charge in [-0.1, -0.05) is 32.6 Å². The smallest absolute Gasteiger partial charge is 0.254 e. The topological polar surface area (TPSA) is 49.3 Å². The van der Waals surface area contributed by atoms with Gasteiger partial charge in [0, 0.05) is 12.1 Å². The lowest BCUT2D eigenvalue weighted by atomic mass is 9.98. The number of aliphatic hydroxyl groups is 1. The highest BCUT2D eigenvalue weighted by atomic mass is 19.1. The molecule has 1 atom stereocenters. The molecule has 1 aromatic carbocycles. The first-order valence-corrected chi connectivity index (χ1v) is 6.63. The molecule has 0 aliphatic rings. The van der Waals surface area contributed by atoms with E-state index in [2.05, 4.69) is 31.0 Å². The molecule has 1 amide bonds. The summed E-state index contributed by atoms with van der Waals surface area (Å²) in [5.74, 6) is 4.87. The van der Waals surface area contributed by atoms with E-state index in [1.165, 1.54) is 18.2 Å². The summed E-state index contributed by atoms with van der Waals surface area (Å²) in [5, 5.41) is 11.4. The van der Waals surface area contributed by atoms with E-state index in [0.717, 1.165) is 0 Å². The van der Waals surface area contributed by atoms with E-state index in [1.807, 2.05) is 6.92 Å². The predicted octanol–water partition coefficient (Wildman–Crippen LogP) is 2.19. The van der Waals surface area contributed by atoms with Gasteiger partial charge < -0.3 is 10.4 Å². The average molecular weight is 277 g/mol. The monoisotopic (exact) mass is 277 g/mol. The van der Waals surface area contributed by atoms with Gasteiger partial charge in [0.15, 0.2) is 0 Å². The molecule has 0 saturated carbocycles. The number of hydrogen-bond donors (Lipinski definition) is 2. The van der Waals surface area contributed by atoms with Gasteiger partial charge in [-0.3, -0.25) is 4.79 Å². The van der Waals surface area contributed by atoms with Crippen LogP contribution in [-0.4, -0.2) is 24.2 Å². The van der Waals surface area contributed by atoms with E-state index in [-0.39, 0.29) is 12.2 Å². The van der Waals surface area contributed by atoms with Gasteiger partial charge in [-0.2, -0.15) is 0 Å². The van der Waals surface area contributed by atoms with Gasteiger partial charge in [0.1, 0.15) is 12.4 Å². The van der Waals surface area contributed by atoms with Gasteiger partial charge in [0.2, 0.25) is 0 Å². The molecule has 20 heavy (non-hydrogen) atoms. The number of nitrogens with one attached hydrogen (secondary N) is 1. The molecule has 4 heteroatoms. The fourth-order valence-electron chi connectivity index (χ4n) is 1.50. The van der Waals surface area contributed by atoms with Crippen LogP contribution in [0.2, 0.25) is 0 Å². The van der Waals surface area contributed by atoms with Gasteiger partial charge in [0.05, 0.1) is 5.56 Å². The van der Waals surface area contributed by atoms with Crippen LogP contribution in [0, 0.1) is 29.5 Å². The third kappa shape index (κ3) is 4.67. The molecule has 0 fully saturated rings. The Hall–Kier alpha value is -1.86. The van der Waals surface area contributed by atoms with Crippen molar-refractivity contribution < 1.29 is 14.3 Å². The molecule has 0 bridgehead atoms. The van der Waals surface area contributed by atoms with Gasteiger partial charge in [-0.15, -0.1) is 0 Å². The molecule has 0 aliphatic carbocycles. The fourth-order valence-corrected chi connectivity index (χ4v) is 1.50. The molecular weight excluding hydrogens is 257 g/mol. The molecule has 108 valence electrons. The molecule has 1 rings (SSSR count). The minimum absolute atomic E-state index is 0.0225. The molecule has 0 saturated heterocycles. The Morgan fingerprint density at radius 3 is 2.70 bits per heavy atom. The summed E-state index contributed by atoms with van der Waals surface area (Å²) < 4.78 is 13.7. The second-order valence-electron chi connectivity index (χ2n) is 5.09. The quantitative estimate of drug-likeness (QED) is 0.829. The highest BCUT2D eigenvalue weighted by Gasteiger charge is 2.14. The largest absolute Gasteiger partial charge is 0.384 e. The van der Waals surface area contributed by atoms with E-state index < -0.39 is 11.7 Å². The van der Waals surface area contributed by atoms with Crippen LogP contribution in [0.3, 0.4) is 0 Å². The highest BCUT2D eigenvalue weighted by molar-refractivity contribution is 5.94. The number of halogens is 1. The minimum Gasteiger partial charge on any atom is -0.384 e. The van der Waals surface area contributed by atoms with Crippen molar-refractivity contribution in [2.24, 2.45) is 11.8 Å². The Kier molecular flexibility index (Phi) is 6.20. The maximum absolute atomic E-state index is 13.7. The van der Waals surface area contributed by atoms with E-state index in [4.69, 9.17) is 5.11 Å². The number of rotatable bonds is 4. The normalized spacial score (nSPS) is 11.7. The van der Waals surface area contributed by atoms with Crippen molar-refractivity contribution in [2.45, 2.75) is 20.8 Å². The predicted molar refractivity (Wildman–Crippen MR) is 76.7 cm³/mol. The number of hydrogen-bond acceptors (Lipinski definition) is 2. The second-order valence-corrected chi connectivity index (χ2v) is 5.09. The third-order valence-electron chi connectivity index (χ3n) is 3.25. The lowest BCUT2D eigenvalue weighted by Crippen LogP contribution is -2.30. The number of carbonyl (C=O) groups excluding carboxylic acids is 1. The number of amides is 1. The summed E-state index contributed by atoms with van der Waals surface area (Å²) >= 11 is 0. The SMILES string of the molecule is CC(C)C(C)CNC(=O)c1cc(C#CCO)ccc1F. The van der Waals surface area contributed by atoms with Crippen molar-refractivity contribution in [3.8, 4) is 11.8 Å². The first-order valence-electron chi connectivity index (χ1n) is 6.63. The molecule has 0 heterocycles. The van der Waals surface area contributed by atoms with Crippen molar-refractivity contribution in [3.05, 3.63) is 35.1 Å². The Bertz CT molecular complexity index is 529. The van der Waals surface area contributed by atoms with Crippen molar-refractivity contribution in [1.82, 2.24) is 5.32 Å². The number of benzene rings is 1. The van der Waals surface area contributed by atoms with E-state index in [0.29, 0.717) is 23.9 Å². The minimum atomic E-state index is -0.575. The lowest BCUT2D eigenvalue weighted by molar-refractivity contribution is 0.0941. The maximum atomic E-state index is 13.7. The van der Waals surface area contributed by atoms with Crippen LogP contribution in [0.5, 0.6) is 0 Å². The van der Waals surface area contributed by atoms with Crippen LogP contribution in [-0.2, 0) is 0 Å². The van der Waals surface area contributed by atoms with Crippen LogP contribution < -0.4 is 5.32 Å². The molecule has 0 aromatic heterocycles. The average Bonchev–Trinajstić information content (AvgIpc) is 2.43. The Morgan fingerprint density at radius 1 is 1.40 bits per heavy atom. The van der Waals surface area contributed by atoms with Crippen LogP contribution in [0.25, 0.3) is 0 Å². The van der Waals surface area contributed by atoms with Crippen LogP contribution in [0.1, 0.15) is 36.7 Å². The Morgan fingerprint density at radius 2 is 2.10 bits per heavy atom. The molecular formula is C16H20FNO2. The van der Waals surface area contributed by atoms with Crippen molar-refractivity contribution in [1.29, 1.82) is 0 Å². The van der Waals surface area contributed by atoms with E-state index in [9.17, 15) is 9.18 Å². The molecule has 2 N–H and O–H groups in total. The number of carbonyl (C=O) groups is 1. The van der Waals surface area contributed by atoms with E-state index in [1.54, 1.807) is 0 Å². The Labute approximate surface area is 119 Å².